The maximum absolute atomic E-state index is 6.36. The first kappa shape index (κ1) is 61.6. The van der Waals surface area contributed by atoms with E-state index < -0.39 is 0 Å². The molecule has 0 spiro atoms. The lowest BCUT2D eigenvalue weighted by molar-refractivity contribution is 0.304. The number of nitrogens with one attached hydrogen (secondary N) is 4. The number of aromatic amines is 4. The van der Waals surface area contributed by atoms with Gasteiger partial charge in [-0.25, -0.2) is 19.9 Å². The van der Waals surface area contributed by atoms with E-state index in [9.17, 15) is 0 Å². The summed E-state index contributed by atoms with van der Waals surface area (Å²) < 4.78 is 12.7. The van der Waals surface area contributed by atoms with Crippen molar-refractivity contribution in [2.24, 2.45) is 0 Å². The number of rotatable bonds is 40. The highest BCUT2D eigenvalue weighted by Gasteiger charge is 2.20. The van der Waals surface area contributed by atoms with Crippen LogP contribution >= 0.6 is 0 Å². The van der Waals surface area contributed by atoms with Crippen LogP contribution in [0, 0.1) is 0 Å². The Hall–Kier alpha value is -6.94. The van der Waals surface area contributed by atoms with Crippen molar-refractivity contribution in [3.05, 3.63) is 120 Å². The first-order valence-electron chi connectivity index (χ1n) is 33.3. The smallest absolute Gasteiger partial charge is 0.141 e. The van der Waals surface area contributed by atoms with E-state index in [2.05, 4.69) is 131 Å². The first-order valence-corrected chi connectivity index (χ1v) is 33.3. The fraction of sp³-hybridized carbons (Fsp3) is 0.486. The van der Waals surface area contributed by atoms with Gasteiger partial charge in [0.15, 0.2) is 0 Å². The van der Waals surface area contributed by atoms with Gasteiger partial charge >= 0.3 is 0 Å². The molecule has 0 radical (unpaired) electrons. The fourth-order valence-electron chi connectivity index (χ4n) is 12.2. The molecule has 0 fully saturated rings. The van der Waals surface area contributed by atoms with E-state index in [1.165, 1.54) is 193 Å². The minimum Gasteiger partial charge on any atom is -0.494 e. The zero-order valence-corrected chi connectivity index (χ0v) is 51.2. The van der Waals surface area contributed by atoms with Crippen LogP contribution in [0.2, 0.25) is 0 Å². The zero-order chi connectivity index (χ0) is 57.6. The molecule has 0 atom stereocenters. The number of benzene rings is 2. The number of H-pyrrole nitrogens is 4. The van der Waals surface area contributed by atoms with E-state index in [0.29, 0.717) is 11.6 Å². The summed E-state index contributed by atoms with van der Waals surface area (Å²) in [4.78, 5) is 34.7. The minimum absolute atomic E-state index is 0.716. The third kappa shape index (κ3) is 18.5. The van der Waals surface area contributed by atoms with Gasteiger partial charge in [0.2, 0.25) is 0 Å². The average molecular weight is 1130 g/mol. The summed E-state index contributed by atoms with van der Waals surface area (Å²) in [6, 6.07) is 25.6. The summed E-state index contributed by atoms with van der Waals surface area (Å²) >= 11 is 0. The van der Waals surface area contributed by atoms with Crippen LogP contribution in [0.4, 0.5) is 0 Å². The van der Waals surface area contributed by atoms with E-state index in [4.69, 9.17) is 29.4 Å². The molecule has 4 N–H and O–H groups in total. The van der Waals surface area contributed by atoms with Gasteiger partial charge in [-0.05, 0) is 96.8 Å². The van der Waals surface area contributed by atoms with Crippen molar-refractivity contribution in [1.29, 1.82) is 0 Å². The highest BCUT2D eigenvalue weighted by molar-refractivity contribution is 5.98. The zero-order valence-electron chi connectivity index (χ0n) is 51.2. The molecule has 9 rings (SSSR count). The highest BCUT2D eigenvalue weighted by Crippen LogP contribution is 2.38. The Morgan fingerprint density at radius 3 is 0.869 bits per heavy atom. The van der Waals surface area contributed by atoms with E-state index >= 15 is 0 Å². The fourth-order valence-corrected chi connectivity index (χ4v) is 12.2. The topological polar surface area (TPSA) is 133 Å². The van der Waals surface area contributed by atoms with Crippen molar-refractivity contribution < 1.29 is 9.47 Å². The van der Waals surface area contributed by atoms with E-state index in [1.54, 1.807) is 12.4 Å². The van der Waals surface area contributed by atoms with Gasteiger partial charge in [0.1, 0.15) is 23.1 Å². The van der Waals surface area contributed by atoms with Crippen LogP contribution in [0.1, 0.15) is 242 Å². The molecule has 84 heavy (non-hydrogen) atoms. The summed E-state index contributed by atoms with van der Waals surface area (Å²) in [6.07, 6.45) is 59.1. The predicted molar refractivity (Wildman–Crippen MR) is 355 cm³/mol. The van der Waals surface area contributed by atoms with Crippen molar-refractivity contribution in [2.45, 2.75) is 219 Å². The molecular weight excluding hydrogens is 1030 g/mol. The molecule has 0 unspecified atom stereocenters. The second-order valence-corrected chi connectivity index (χ2v) is 23.7. The van der Waals surface area contributed by atoms with Gasteiger partial charge in [-0.2, -0.15) is 0 Å². The van der Waals surface area contributed by atoms with Gasteiger partial charge < -0.3 is 29.4 Å². The molecule has 2 aliphatic heterocycles. The molecule has 7 aromatic rings. The molecule has 2 aliphatic rings. The molecule has 0 aliphatic carbocycles. The van der Waals surface area contributed by atoms with Crippen LogP contribution in [0.5, 0.6) is 11.5 Å². The molecule has 0 saturated carbocycles. The maximum Gasteiger partial charge on any atom is 0.141 e. The summed E-state index contributed by atoms with van der Waals surface area (Å²) in [6.45, 7) is 6.03. The molecule has 8 bridgehead atoms. The van der Waals surface area contributed by atoms with Crippen LogP contribution in [0.3, 0.4) is 0 Å². The van der Waals surface area contributed by atoms with Crippen LogP contribution < -0.4 is 9.47 Å². The van der Waals surface area contributed by atoms with Gasteiger partial charge in [-0.15, -0.1) is 0 Å². The monoisotopic (exact) mass is 1130 g/mol. The number of fused-ring (bicyclic) bond motifs is 8. The second kappa shape index (κ2) is 34.7. The number of ether oxygens (including phenoxy) is 2. The number of hydrogen-bond acceptors (Lipinski definition) is 6. The Labute approximate surface area is 502 Å². The van der Waals surface area contributed by atoms with Gasteiger partial charge in [0, 0.05) is 46.9 Å². The number of imidazole rings is 2. The summed E-state index contributed by atoms with van der Waals surface area (Å²) in [5.41, 5.74) is 12.6. The Balaban J connectivity index is 0.891. The number of aromatic nitrogens is 8. The van der Waals surface area contributed by atoms with Gasteiger partial charge in [0.25, 0.3) is 0 Å². The molecule has 7 heterocycles. The number of hydrogen-bond donors (Lipinski definition) is 4. The van der Waals surface area contributed by atoms with Crippen LogP contribution in [-0.4, -0.2) is 53.1 Å². The van der Waals surface area contributed by atoms with Crippen molar-refractivity contribution in [1.82, 2.24) is 39.9 Å². The normalized spacial score (nSPS) is 12.0. The van der Waals surface area contributed by atoms with Crippen molar-refractivity contribution in [2.75, 3.05) is 13.2 Å². The predicted octanol–water partition coefficient (Wildman–Crippen LogP) is 22.1. The Morgan fingerprint density at radius 1 is 0.310 bits per heavy atom. The van der Waals surface area contributed by atoms with Crippen LogP contribution in [0.25, 0.3) is 91.4 Å². The third-order valence-corrected chi connectivity index (χ3v) is 17.0. The Morgan fingerprint density at radius 2 is 0.583 bits per heavy atom. The molecular formula is C74H98N8O2. The lowest BCUT2D eigenvalue weighted by atomic mass is 10.0. The summed E-state index contributed by atoms with van der Waals surface area (Å²) in [5, 5.41) is 0. The number of nitrogens with zero attached hydrogens (tertiary/aromatic N) is 4. The molecule has 0 saturated heterocycles. The van der Waals surface area contributed by atoms with E-state index in [1.807, 2.05) is 12.4 Å². The quantitative estimate of drug-likeness (QED) is 0.0283. The summed E-state index contributed by atoms with van der Waals surface area (Å²) in [5.74, 6) is 3.19. The van der Waals surface area contributed by atoms with Gasteiger partial charge in [-0.3, -0.25) is 0 Å². The molecule has 2 aromatic carbocycles. The lowest BCUT2D eigenvalue weighted by Crippen LogP contribution is -1.97. The maximum atomic E-state index is 6.36. The van der Waals surface area contributed by atoms with E-state index in [-0.39, 0.29) is 0 Å². The van der Waals surface area contributed by atoms with Crippen LogP contribution in [-0.2, 0) is 0 Å². The standard InChI is InChI=1S/C74H98N8O2/c1-3-5-7-9-11-13-15-17-19-21-23-25-27-29-31-33-55-83-59-39-35-57(36-40-59)69-61-43-44-62(79-61)70(58-37-41-60(42-38-58)84-56-34-32-30-28-26-24-22-20-18-16-14-12-10-8-6-4-2)64-46-48-66(81-64)72(74-77-53-54-78-74)68-50-49-67(82-68)71(73-75-51-52-76-73)65-47-45-63(69)80-65/h35-54,80-81H,3-34,55-56H2,1-2H3,(H,75,76)(H,77,78). The largest absolute Gasteiger partial charge is 0.494 e. The average Bonchev–Trinajstić information content (AvgIpc) is 3.80. The molecule has 446 valence electrons. The Bertz CT molecular complexity index is 3010. The third-order valence-electron chi connectivity index (χ3n) is 17.0. The van der Waals surface area contributed by atoms with Gasteiger partial charge in [0.05, 0.1) is 58.1 Å². The SMILES string of the molecule is CCCCCCCCCCCCCCCCCCOc1ccc(-c2c3nc(c(-c4ccc(OCCCCCCCCCCCCCCCCCC)cc4)c4ccc([nH]4)c(-c4ncc[nH]4)c4nc(c(-c5ncc[nH]5)c5ccc2[nH]5)C=C4)C=C3)cc1. The minimum atomic E-state index is 0.716. The summed E-state index contributed by atoms with van der Waals surface area (Å²) in [7, 11) is 0. The Kier molecular flexibility index (Phi) is 25.5. The molecule has 10 nitrogen and oxygen atoms in total. The van der Waals surface area contributed by atoms with Crippen LogP contribution in [0.15, 0.2) is 97.6 Å². The lowest BCUT2D eigenvalue weighted by Gasteiger charge is -2.09. The van der Waals surface area contributed by atoms with Crippen molar-refractivity contribution in [3.63, 3.8) is 0 Å². The number of unbranched alkanes of at least 4 members (excludes halogenated alkanes) is 30. The van der Waals surface area contributed by atoms with Gasteiger partial charge in [-0.1, -0.05) is 231 Å². The molecule has 0 amide bonds. The van der Waals surface area contributed by atoms with E-state index in [0.717, 1.165) is 116 Å². The van der Waals surface area contributed by atoms with Crippen molar-refractivity contribution in [3.8, 4) is 56.5 Å². The second-order valence-electron chi connectivity index (χ2n) is 23.7. The van der Waals surface area contributed by atoms with Crippen molar-refractivity contribution >= 4 is 46.4 Å². The first-order chi connectivity index (χ1) is 41.7. The highest BCUT2D eigenvalue weighted by atomic mass is 16.5. The molecule has 10 heteroatoms. The molecule has 5 aromatic heterocycles.